The summed E-state index contributed by atoms with van der Waals surface area (Å²) in [6.45, 7) is 3.25. The third kappa shape index (κ3) is 2.84. The van der Waals surface area contributed by atoms with Gasteiger partial charge in [-0.25, -0.2) is 18.0 Å². The Morgan fingerprint density at radius 1 is 1.32 bits per heavy atom. The fourth-order valence-electron chi connectivity index (χ4n) is 2.41. The molecule has 0 radical (unpaired) electrons. The van der Waals surface area contributed by atoms with Crippen molar-refractivity contribution in [1.82, 2.24) is 19.6 Å². The van der Waals surface area contributed by atoms with Gasteiger partial charge in [0, 0.05) is 0 Å². The van der Waals surface area contributed by atoms with E-state index in [1.807, 2.05) is 0 Å². The van der Waals surface area contributed by atoms with E-state index < -0.39 is 29.2 Å². The minimum absolute atomic E-state index is 0.000136. The molecule has 0 saturated carbocycles. The van der Waals surface area contributed by atoms with Gasteiger partial charge in [-0.05, 0) is 31.5 Å². The molecule has 1 atom stereocenters. The number of hydrogen-bond donors (Lipinski definition) is 2. The van der Waals surface area contributed by atoms with Crippen LogP contribution in [0.1, 0.15) is 25.6 Å². The third-order valence-electron chi connectivity index (χ3n) is 3.45. The highest BCUT2D eigenvalue weighted by Crippen LogP contribution is 2.32. The minimum Gasteiger partial charge on any atom is -0.465 e. The van der Waals surface area contributed by atoms with Gasteiger partial charge in [-0.15, -0.1) is 0 Å². The molecule has 25 heavy (non-hydrogen) atoms. The van der Waals surface area contributed by atoms with E-state index in [0.29, 0.717) is 0 Å². The van der Waals surface area contributed by atoms with Crippen LogP contribution in [0.15, 0.2) is 16.9 Å². The van der Waals surface area contributed by atoms with Gasteiger partial charge in [0.15, 0.2) is 23.1 Å². The number of halogens is 3. The summed E-state index contributed by atoms with van der Waals surface area (Å²) in [7, 11) is 0. The highest BCUT2D eigenvalue weighted by molar-refractivity contribution is 5.80. The van der Waals surface area contributed by atoms with E-state index in [0.717, 1.165) is 16.6 Å². The van der Waals surface area contributed by atoms with Crippen molar-refractivity contribution in [2.45, 2.75) is 20.0 Å². The lowest BCUT2D eigenvalue weighted by atomic mass is 10.0. The van der Waals surface area contributed by atoms with Gasteiger partial charge in [-0.2, -0.15) is 14.6 Å². The maximum atomic E-state index is 13.6. The normalized spacial score (nSPS) is 12.6. The van der Waals surface area contributed by atoms with E-state index in [9.17, 15) is 23.1 Å². The van der Waals surface area contributed by atoms with Crippen molar-refractivity contribution in [3.63, 3.8) is 0 Å². The number of aliphatic hydroxyl groups is 1. The first-order valence-electron chi connectivity index (χ1n) is 7.32. The molecule has 1 aromatic carbocycles. The van der Waals surface area contributed by atoms with Crippen molar-refractivity contribution in [2.24, 2.45) is 0 Å². The summed E-state index contributed by atoms with van der Waals surface area (Å²) < 4.78 is 46.5. The Hall–Kier alpha value is -2.88. The minimum atomic E-state index is -1.63. The Morgan fingerprint density at radius 3 is 2.52 bits per heavy atom. The molecule has 0 aliphatic carbocycles. The molecular formula is C15H13F3N4O3. The summed E-state index contributed by atoms with van der Waals surface area (Å²) in [4.78, 5) is 18.5. The third-order valence-corrected chi connectivity index (χ3v) is 3.45. The van der Waals surface area contributed by atoms with Crippen LogP contribution in [0.4, 0.5) is 13.2 Å². The predicted octanol–water partition coefficient (Wildman–Crippen LogP) is 1.95. The second kappa shape index (κ2) is 6.20. The van der Waals surface area contributed by atoms with Crippen molar-refractivity contribution in [3.8, 4) is 17.1 Å². The fraction of sp³-hybridized carbons (Fsp3) is 0.267. The molecule has 2 aromatic heterocycles. The molecular weight excluding hydrogens is 341 g/mol. The zero-order valence-corrected chi connectivity index (χ0v) is 13.2. The number of aliphatic hydroxyl groups excluding tert-OH is 1. The fourth-order valence-corrected chi connectivity index (χ4v) is 2.41. The van der Waals surface area contributed by atoms with Gasteiger partial charge >= 0.3 is 5.69 Å². The first kappa shape index (κ1) is 17.0. The van der Waals surface area contributed by atoms with E-state index in [1.54, 1.807) is 6.92 Å². The summed E-state index contributed by atoms with van der Waals surface area (Å²) in [5, 5.41) is 13.9. The van der Waals surface area contributed by atoms with Crippen molar-refractivity contribution in [3.05, 3.63) is 45.8 Å². The summed E-state index contributed by atoms with van der Waals surface area (Å²) >= 11 is 0. The van der Waals surface area contributed by atoms with Gasteiger partial charge in [-0.1, -0.05) is 0 Å². The Balaban J connectivity index is 2.39. The molecule has 0 bridgehead atoms. The summed E-state index contributed by atoms with van der Waals surface area (Å²) in [6, 6.07) is 1.36. The molecule has 0 amide bonds. The lowest BCUT2D eigenvalue weighted by Crippen LogP contribution is -2.20. The number of rotatable bonds is 4. The Morgan fingerprint density at radius 2 is 1.96 bits per heavy atom. The van der Waals surface area contributed by atoms with Crippen molar-refractivity contribution in [2.75, 3.05) is 6.61 Å². The number of fused-ring (bicyclic) bond motifs is 1. The monoisotopic (exact) mass is 354 g/mol. The van der Waals surface area contributed by atoms with E-state index in [4.69, 9.17) is 4.74 Å². The average Bonchev–Trinajstić information content (AvgIpc) is 2.92. The standard InChI is InChI=1S/C15H13F3N4O3/c1-3-25-14-19-13-10(7-4-8(16)11(18)9(17)5-7)12(6(2)23)21-22(13)15(24)20-14/h4-6,23H,3H2,1-2H3,(H,19,20,24). The average molecular weight is 354 g/mol. The van der Waals surface area contributed by atoms with Gasteiger partial charge in [0.25, 0.3) is 6.01 Å². The van der Waals surface area contributed by atoms with E-state index in [-0.39, 0.29) is 35.1 Å². The van der Waals surface area contributed by atoms with E-state index in [2.05, 4.69) is 15.1 Å². The van der Waals surface area contributed by atoms with Crippen LogP contribution in [0.25, 0.3) is 16.8 Å². The van der Waals surface area contributed by atoms with Crippen LogP contribution >= 0.6 is 0 Å². The van der Waals surface area contributed by atoms with Crippen LogP contribution in [0.3, 0.4) is 0 Å². The number of nitrogens with one attached hydrogen (secondary N) is 1. The Bertz CT molecular complexity index is 990. The predicted molar refractivity (Wildman–Crippen MR) is 80.7 cm³/mol. The number of aromatic amines is 1. The van der Waals surface area contributed by atoms with Crippen LogP contribution in [0.2, 0.25) is 0 Å². The molecule has 10 heteroatoms. The summed E-state index contributed by atoms with van der Waals surface area (Å²) in [5.41, 5.74) is -0.974. The van der Waals surface area contributed by atoms with Crippen LogP contribution in [-0.4, -0.2) is 31.3 Å². The Labute approximate surface area is 138 Å². The molecule has 0 aliphatic rings. The maximum absolute atomic E-state index is 13.6. The van der Waals surface area contributed by atoms with Crippen molar-refractivity contribution >= 4 is 5.65 Å². The highest BCUT2D eigenvalue weighted by atomic mass is 19.2. The van der Waals surface area contributed by atoms with Gasteiger partial charge < -0.3 is 9.84 Å². The lowest BCUT2D eigenvalue weighted by molar-refractivity contribution is 0.194. The largest absolute Gasteiger partial charge is 0.465 e. The zero-order chi connectivity index (χ0) is 18.3. The van der Waals surface area contributed by atoms with Crippen LogP contribution < -0.4 is 10.4 Å². The molecule has 7 nitrogen and oxygen atoms in total. The van der Waals surface area contributed by atoms with Crippen LogP contribution in [0, 0.1) is 17.5 Å². The lowest BCUT2D eigenvalue weighted by Gasteiger charge is -2.07. The topological polar surface area (TPSA) is 92.5 Å². The van der Waals surface area contributed by atoms with Gasteiger partial charge in [-0.3, -0.25) is 4.98 Å². The van der Waals surface area contributed by atoms with Gasteiger partial charge in [0.1, 0.15) is 5.69 Å². The smallest absolute Gasteiger partial charge is 0.352 e. The van der Waals surface area contributed by atoms with Gasteiger partial charge in [0.05, 0.1) is 18.3 Å². The van der Waals surface area contributed by atoms with Gasteiger partial charge in [0.2, 0.25) is 0 Å². The number of H-pyrrole nitrogens is 1. The molecule has 132 valence electrons. The molecule has 0 saturated heterocycles. The van der Waals surface area contributed by atoms with E-state index >= 15 is 0 Å². The molecule has 3 rings (SSSR count). The van der Waals surface area contributed by atoms with Crippen LogP contribution in [-0.2, 0) is 0 Å². The second-order valence-electron chi connectivity index (χ2n) is 5.21. The number of nitrogens with zero attached hydrogens (tertiary/aromatic N) is 3. The molecule has 0 spiro atoms. The second-order valence-corrected chi connectivity index (χ2v) is 5.21. The molecule has 2 N–H and O–H groups in total. The number of benzene rings is 1. The number of hydrogen-bond acceptors (Lipinski definition) is 5. The number of ether oxygens (including phenoxy) is 1. The number of aromatic nitrogens is 4. The first-order chi connectivity index (χ1) is 11.8. The quantitative estimate of drug-likeness (QED) is 0.699. The molecule has 1 unspecified atom stereocenters. The SMILES string of the molecule is CCOc1nc2c(-c3cc(F)c(F)c(F)c3)c(C(C)O)nn2c(=O)[nH]1. The highest BCUT2D eigenvalue weighted by Gasteiger charge is 2.24. The summed E-state index contributed by atoms with van der Waals surface area (Å²) in [6.07, 6.45) is -1.18. The maximum Gasteiger partial charge on any atom is 0.352 e. The Kier molecular flexibility index (Phi) is 4.21. The van der Waals surface area contributed by atoms with E-state index in [1.165, 1.54) is 6.92 Å². The first-order valence-corrected chi connectivity index (χ1v) is 7.32. The zero-order valence-electron chi connectivity index (χ0n) is 13.2. The molecule has 3 aromatic rings. The van der Waals surface area contributed by atoms with Crippen LogP contribution in [0.5, 0.6) is 6.01 Å². The molecule has 0 fully saturated rings. The molecule has 2 heterocycles. The van der Waals surface area contributed by atoms with Crippen molar-refractivity contribution in [1.29, 1.82) is 0 Å². The molecule has 0 aliphatic heterocycles. The summed E-state index contributed by atoms with van der Waals surface area (Å²) in [5.74, 6) is -4.46. The van der Waals surface area contributed by atoms with Crippen molar-refractivity contribution < 1.29 is 23.0 Å².